The smallest absolute Gasteiger partial charge is 0.304 e. The van der Waals surface area contributed by atoms with Gasteiger partial charge in [0.1, 0.15) is 5.78 Å². The van der Waals surface area contributed by atoms with Crippen LogP contribution in [0.5, 0.6) is 0 Å². The van der Waals surface area contributed by atoms with Crippen molar-refractivity contribution in [3.8, 4) is 0 Å². The zero-order valence-corrected chi connectivity index (χ0v) is 20.5. The van der Waals surface area contributed by atoms with Gasteiger partial charge in [-0.3, -0.25) is 14.4 Å². The molecule has 1 saturated heterocycles. The van der Waals surface area contributed by atoms with E-state index < -0.39 is 23.3 Å². The number of carboxylic acids is 1. The average molecular weight is 490 g/mol. The highest BCUT2D eigenvalue weighted by molar-refractivity contribution is 6.30. The van der Waals surface area contributed by atoms with Crippen molar-refractivity contribution in [3.63, 3.8) is 0 Å². The number of Topliss-reactive ketones (excluding diaryl/α,β-unsaturated/α-hetero) is 1. The first-order chi connectivity index (χ1) is 15.5. The molecule has 4 atom stereocenters. The van der Waals surface area contributed by atoms with Gasteiger partial charge in [-0.1, -0.05) is 68.2 Å². The number of benzene rings is 2. The summed E-state index contributed by atoms with van der Waals surface area (Å²) in [4.78, 5) is 38.1. The van der Waals surface area contributed by atoms with Gasteiger partial charge in [0.15, 0.2) is 0 Å². The molecule has 2 aromatic carbocycles. The molecule has 1 fully saturated rings. The third kappa shape index (κ3) is 5.59. The Kier molecular flexibility index (Phi) is 7.86. The second kappa shape index (κ2) is 10.3. The number of amides is 1. The first-order valence-electron chi connectivity index (χ1n) is 11.1. The Morgan fingerprint density at radius 3 is 2.36 bits per heavy atom. The van der Waals surface area contributed by atoms with E-state index in [-0.39, 0.29) is 36.4 Å². The molecular formula is C26H29Cl2NO4. The quantitative estimate of drug-likeness (QED) is 0.510. The maximum Gasteiger partial charge on any atom is 0.304 e. The second-order valence-electron chi connectivity index (χ2n) is 9.34. The van der Waals surface area contributed by atoms with Gasteiger partial charge < -0.3 is 10.4 Å². The van der Waals surface area contributed by atoms with Crippen LogP contribution in [0.3, 0.4) is 0 Å². The molecule has 0 bridgehead atoms. The number of carbonyl (C=O) groups is 3. The van der Waals surface area contributed by atoms with Gasteiger partial charge in [0, 0.05) is 39.8 Å². The lowest BCUT2D eigenvalue weighted by molar-refractivity contribution is -0.145. The molecule has 176 valence electrons. The molecule has 0 saturated carbocycles. The summed E-state index contributed by atoms with van der Waals surface area (Å²) in [6.07, 6.45) is 0.283. The average Bonchev–Trinajstić information content (AvgIpc) is 2.75. The van der Waals surface area contributed by atoms with Crippen LogP contribution >= 0.6 is 23.2 Å². The fourth-order valence-electron chi connectivity index (χ4n) is 4.77. The molecule has 33 heavy (non-hydrogen) atoms. The lowest BCUT2D eigenvalue weighted by atomic mass is 9.61. The molecule has 1 aliphatic heterocycles. The summed E-state index contributed by atoms with van der Waals surface area (Å²) in [7, 11) is 0. The standard InChI is InChI=1S/C26H29Cl2NO4/c1-15(2)26(3,22(30)11-16-7-9-19(27)10-8-16)24-21(17-5-4-6-20(28)12-17)13-18(14-23(31)32)25(33)29-24/h4-10,12,15,18,21,24H,11,13-14H2,1-3H3,(H,29,33)(H,31,32)/t18-,21-,24+,26+/m1/s1. The van der Waals surface area contributed by atoms with Crippen LogP contribution in [0, 0.1) is 17.3 Å². The highest BCUT2D eigenvalue weighted by Gasteiger charge is 2.51. The van der Waals surface area contributed by atoms with Crippen LogP contribution in [0.25, 0.3) is 0 Å². The minimum atomic E-state index is -1.02. The number of halogens is 2. The van der Waals surface area contributed by atoms with E-state index >= 15 is 0 Å². The zero-order chi connectivity index (χ0) is 24.3. The van der Waals surface area contributed by atoms with Crippen LogP contribution in [0.4, 0.5) is 0 Å². The Morgan fingerprint density at radius 2 is 1.79 bits per heavy atom. The van der Waals surface area contributed by atoms with Crippen molar-refractivity contribution >= 4 is 40.9 Å². The number of aliphatic carboxylic acids is 1. The van der Waals surface area contributed by atoms with E-state index in [1.165, 1.54) is 0 Å². The Hall–Kier alpha value is -2.37. The van der Waals surface area contributed by atoms with Crippen LogP contribution in [-0.4, -0.2) is 28.8 Å². The van der Waals surface area contributed by atoms with Crippen LogP contribution in [0.2, 0.25) is 10.0 Å². The number of carbonyl (C=O) groups excluding carboxylic acids is 2. The van der Waals surface area contributed by atoms with Crippen molar-refractivity contribution in [1.29, 1.82) is 0 Å². The maximum atomic E-state index is 13.8. The van der Waals surface area contributed by atoms with Gasteiger partial charge in [0.25, 0.3) is 0 Å². The van der Waals surface area contributed by atoms with Crippen molar-refractivity contribution in [3.05, 3.63) is 69.7 Å². The van der Waals surface area contributed by atoms with E-state index in [0.29, 0.717) is 16.5 Å². The van der Waals surface area contributed by atoms with Gasteiger partial charge in [-0.25, -0.2) is 0 Å². The number of hydrogen-bond donors (Lipinski definition) is 2. The minimum Gasteiger partial charge on any atom is -0.481 e. The summed E-state index contributed by atoms with van der Waals surface area (Å²) >= 11 is 12.3. The topological polar surface area (TPSA) is 83.5 Å². The number of carboxylic acid groups (broad SMARTS) is 1. The summed E-state index contributed by atoms with van der Waals surface area (Å²) in [6.45, 7) is 5.85. The highest BCUT2D eigenvalue weighted by atomic mass is 35.5. The SMILES string of the molecule is CC(C)[C@@](C)(C(=O)Cc1ccc(Cl)cc1)[C@H]1NC(=O)[C@@H](CC(=O)O)C[C@@H]1c1cccc(Cl)c1. The van der Waals surface area contributed by atoms with Gasteiger partial charge in [-0.05, 0) is 47.7 Å². The molecule has 1 heterocycles. The van der Waals surface area contributed by atoms with E-state index in [9.17, 15) is 19.5 Å². The largest absolute Gasteiger partial charge is 0.481 e. The van der Waals surface area contributed by atoms with Crippen molar-refractivity contribution in [2.24, 2.45) is 17.3 Å². The number of hydrogen-bond acceptors (Lipinski definition) is 3. The summed E-state index contributed by atoms with van der Waals surface area (Å²) in [5, 5.41) is 13.5. The fraction of sp³-hybridized carbons (Fsp3) is 0.423. The molecular weight excluding hydrogens is 461 g/mol. The monoisotopic (exact) mass is 489 g/mol. The highest BCUT2D eigenvalue weighted by Crippen LogP contribution is 2.45. The molecule has 2 N–H and O–H groups in total. The van der Waals surface area contributed by atoms with Crippen LogP contribution in [-0.2, 0) is 20.8 Å². The maximum absolute atomic E-state index is 13.8. The van der Waals surface area contributed by atoms with E-state index in [1.54, 1.807) is 18.2 Å². The van der Waals surface area contributed by atoms with Crippen molar-refractivity contribution in [2.75, 3.05) is 0 Å². The zero-order valence-electron chi connectivity index (χ0n) is 19.0. The lowest BCUT2D eigenvalue weighted by Gasteiger charge is -2.48. The Balaban J connectivity index is 2.02. The number of piperidine rings is 1. The molecule has 1 amide bonds. The van der Waals surface area contributed by atoms with Crippen molar-refractivity contribution < 1.29 is 19.5 Å². The van der Waals surface area contributed by atoms with Gasteiger partial charge in [-0.15, -0.1) is 0 Å². The van der Waals surface area contributed by atoms with Crippen molar-refractivity contribution in [2.45, 2.75) is 52.0 Å². The number of rotatable bonds is 8. The van der Waals surface area contributed by atoms with Gasteiger partial charge in [-0.2, -0.15) is 0 Å². The molecule has 0 unspecified atom stereocenters. The molecule has 5 nitrogen and oxygen atoms in total. The Morgan fingerprint density at radius 1 is 1.12 bits per heavy atom. The minimum absolute atomic E-state index is 0.00818. The molecule has 3 rings (SSSR count). The summed E-state index contributed by atoms with van der Waals surface area (Å²) < 4.78 is 0. The third-order valence-electron chi connectivity index (χ3n) is 7.03. The molecule has 1 aliphatic rings. The predicted molar refractivity (Wildman–Crippen MR) is 130 cm³/mol. The first kappa shape index (κ1) is 25.3. The van der Waals surface area contributed by atoms with Gasteiger partial charge in [0.2, 0.25) is 5.91 Å². The Bertz CT molecular complexity index is 1040. The predicted octanol–water partition coefficient (Wildman–Crippen LogP) is 5.53. The molecule has 0 radical (unpaired) electrons. The normalized spacial score (nSPS) is 22.5. The lowest BCUT2D eigenvalue weighted by Crippen LogP contribution is -2.60. The molecule has 2 aromatic rings. The van der Waals surface area contributed by atoms with Crippen LogP contribution in [0.1, 0.15) is 50.7 Å². The molecule has 0 aromatic heterocycles. The molecule has 0 spiro atoms. The fourth-order valence-corrected chi connectivity index (χ4v) is 5.10. The van der Waals surface area contributed by atoms with E-state index in [4.69, 9.17) is 23.2 Å². The Labute approximate surface area is 204 Å². The summed E-state index contributed by atoms with van der Waals surface area (Å²) in [5.74, 6) is -2.36. The van der Waals surface area contributed by atoms with Crippen LogP contribution in [0.15, 0.2) is 48.5 Å². The van der Waals surface area contributed by atoms with Crippen LogP contribution < -0.4 is 5.32 Å². The van der Waals surface area contributed by atoms with E-state index in [0.717, 1.165) is 11.1 Å². The van der Waals surface area contributed by atoms with Crippen molar-refractivity contribution in [1.82, 2.24) is 5.32 Å². The molecule has 0 aliphatic carbocycles. The number of nitrogens with one attached hydrogen (secondary N) is 1. The summed E-state index contributed by atoms with van der Waals surface area (Å²) in [6, 6.07) is 14.0. The van der Waals surface area contributed by atoms with Gasteiger partial charge >= 0.3 is 5.97 Å². The summed E-state index contributed by atoms with van der Waals surface area (Å²) in [5.41, 5.74) is 0.840. The molecule has 7 heteroatoms. The van der Waals surface area contributed by atoms with Gasteiger partial charge in [0.05, 0.1) is 6.42 Å². The third-order valence-corrected chi connectivity index (χ3v) is 7.52. The first-order valence-corrected chi connectivity index (χ1v) is 11.8. The van der Waals surface area contributed by atoms with E-state index in [2.05, 4.69) is 5.32 Å². The second-order valence-corrected chi connectivity index (χ2v) is 10.2. The number of ketones is 1. The van der Waals surface area contributed by atoms with E-state index in [1.807, 2.05) is 51.1 Å².